The fourth-order valence-electron chi connectivity index (χ4n) is 0.194. The first-order valence-corrected chi connectivity index (χ1v) is 2.39. The number of amidine groups is 1. The van der Waals surface area contributed by atoms with E-state index in [1.54, 1.807) is 6.92 Å². The lowest BCUT2D eigenvalue weighted by Gasteiger charge is -1.83. The number of rotatable bonds is 2. The highest BCUT2D eigenvalue weighted by molar-refractivity contribution is 5.85. The van der Waals surface area contributed by atoms with Crippen molar-refractivity contribution in [3.8, 4) is 0 Å². The Hall–Kier alpha value is -1.32. The van der Waals surface area contributed by atoms with Crippen molar-refractivity contribution in [1.82, 2.24) is 0 Å². The van der Waals surface area contributed by atoms with E-state index in [1.165, 1.54) is 6.34 Å². The van der Waals surface area contributed by atoms with Crippen LogP contribution in [0.4, 0.5) is 0 Å². The normalized spacial score (nSPS) is 12.3. The van der Waals surface area contributed by atoms with Crippen molar-refractivity contribution in [2.75, 3.05) is 0 Å². The second-order valence-electron chi connectivity index (χ2n) is 1.51. The molecule has 0 atom stereocenters. The zero-order valence-electron chi connectivity index (χ0n) is 5.33. The van der Waals surface area contributed by atoms with Crippen molar-refractivity contribution in [3.05, 3.63) is 12.4 Å². The van der Waals surface area contributed by atoms with E-state index in [1.807, 2.05) is 0 Å². The highest BCUT2D eigenvalue weighted by atomic mass is 15.0. The molecule has 9 heavy (non-hydrogen) atoms. The molecule has 0 bridgehead atoms. The van der Waals surface area contributed by atoms with E-state index in [9.17, 15) is 0 Å². The molecule has 0 amide bonds. The molecule has 0 saturated carbocycles. The molecule has 0 aromatic carbocycles. The smallest absolute Gasteiger partial charge is 0.119 e. The third-order valence-corrected chi connectivity index (χ3v) is 0.485. The van der Waals surface area contributed by atoms with Gasteiger partial charge < -0.3 is 11.5 Å². The molecule has 4 N–H and O–H groups in total. The van der Waals surface area contributed by atoms with Crippen LogP contribution in [-0.4, -0.2) is 12.2 Å². The molecule has 0 aromatic heterocycles. The summed E-state index contributed by atoms with van der Waals surface area (Å²) in [5.41, 5.74) is 10.2. The average Bonchev–Trinajstić information content (AvgIpc) is 1.63. The molecule has 4 nitrogen and oxygen atoms in total. The molecule has 0 radical (unpaired) electrons. The van der Waals surface area contributed by atoms with Crippen LogP contribution in [-0.2, 0) is 0 Å². The molecular formula is C5H10N4. The van der Waals surface area contributed by atoms with Gasteiger partial charge in [0, 0.05) is 0 Å². The van der Waals surface area contributed by atoms with Gasteiger partial charge in [0.05, 0.1) is 5.84 Å². The Kier molecular flexibility index (Phi) is 3.12. The van der Waals surface area contributed by atoms with E-state index in [-0.39, 0.29) is 5.82 Å². The first-order valence-electron chi connectivity index (χ1n) is 2.39. The van der Waals surface area contributed by atoms with Crippen molar-refractivity contribution < 1.29 is 0 Å². The summed E-state index contributed by atoms with van der Waals surface area (Å²) in [7, 11) is 0. The number of hydrogen-bond donors (Lipinski definition) is 2. The second kappa shape index (κ2) is 3.65. The third kappa shape index (κ3) is 6.68. The predicted octanol–water partition coefficient (Wildman–Crippen LogP) is -0.178. The van der Waals surface area contributed by atoms with Gasteiger partial charge in [0.25, 0.3) is 0 Å². The highest BCUT2D eigenvalue weighted by Gasteiger charge is 1.72. The minimum Gasteiger partial charge on any atom is -0.387 e. The van der Waals surface area contributed by atoms with Gasteiger partial charge in [-0.25, -0.2) is 9.98 Å². The summed E-state index contributed by atoms with van der Waals surface area (Å²) in [5.74, 6) is 0.667. The molecule has 0 fully saturated rings. The number of hydrogen-bond acceptors (Lipinski definition) is 2. The van der Waals surface area contributed by atoms with Crippen LogP contribution in [0.2, 0.25) is 0 Å². The van der Waals surface area contributed by atoms with E-state index in [4.69, 9.17) is 11.5 Å². The van der Waals surface area contributed by atoms with Gasteiger partial charge in [0.2, 0.25) is 0 Å². The summed E-state index contributed by atoms with van der Waals surface area (Å²) in [6.45, 7) is 4.98. The SMILES string of the molecule is C=C(N)/N=C\N=C(/C)N. The van der Waals surface area contributed by atoms with Crippen LogP contribution in [0.1, 0.15) is 6.92 Å². The lowest BCUT2D eigenvalue weighted by Crippen LogP contribution is -2.04. The third-order valence-electron chi connectivity index (χ3n) is 0.485. The quantitative estimate of drug-likeness (QED) is 0.398. The summed E-state index contributed by atoms with van der Waals surface area (Å²) in [5, 5.41) is 0. The van der Waals surface area contributed by atoms with Crippen LogP contribution in [0.25, 0.3) is 0 Å². The first kappa shape index (κ1) is 7.68. The molecule has 0 saturated heterocycles. The maximum Gasteiger partial charge on any atom is 0.119 e. The largest absolute Gasteiger partial charge is 0.387 e. The Morgan fingerprint density at radius 1 is 1.56 bits per heavy atom. The monoisotopic (exact) mass is 126 g/mol. The summed E-state index contributed by atoms with van der Waals surface area (Å²) >= 11 is 0. The van der Waals surface area contributed by atoms with Crippen molar-refractivity contribution in [1.29, 1.82) is 0 Å². The molecule has 0 heterocycles. The summed E-state index contributed by atoms with van der Waals surface area (Å²) in [6, 6.07) is 0. The summed E-state index contributed by atoms with van der Waals surface area (Å²) < 4.78 is 0. The maximum absolute atomic E-state index is 5.17. The molecule has 0 rings (SSSR count). The lowest BCUT2D eigenvalue weighted by atomic mass is 10.7. The molecule has 4 heteroatoms. The van der Waals surface area contributed by atoms with Gasteiger partial charge in [-0.2, -0.15) is 0 Å². The Bertz CT molecular complexity index is 152. The molecule has 0 aromatic rings. The van der Waals surface area contributed by atoms with Crippen LogP contribution in [0.5, 0.6) is 0 Å². The highest BCUT2D eigenvalue weighted by Crippen LogP contribution is 1.75. The fraction of sp³-hybridized carbons (Fsp3) is 0.200. The maximum atomic E-state index is 5.17. The minimum absolute atomic E-state index is 0.222. The second-order valence-corrected chi connectivity index (χ2v) is 1.51. The minimum atomic E-state index is 0.222. The van der Waals surface area contributed by atoms with Gasteiger partial charge in [-0.05, 0) is 6.92 Å². The van der Waals surface area contributed by atoms with E-state index in [0.29, 0.717) is 5.84 Å². The van der Waals surface area contributed by atoms with Crippen LogP contribution < -0.4 is 11.5 Å². The number of nitrogens with two attached hydrogens (primary N) is 2. The molecule has 0 aliphatic rings. The van der Waals surface area contributed by atoms with Gasteiger partial charge in [0.1, 0.15) is 12.2 Å². The Morgan fingerprint density at radius 2 is 2.11 bits per heavy atom. The predicted molar refractivity (Wildman–Crippen MR) is 39.1 cm³/mol. The van der Waals surface area contributed by atoms with E-state index < -0.39 is 0 Å². The van der Waals surface area contributed by atoms with Gasteiger partial charge in [-0.3, -0.25) is 0 Å². The van der Waals surface area contributed by atoms with Crippen molar-refractivity contribution in [3.63, 3.8) is 0 Å². The van der Waals surface area contributed by atoms with Crippen molar-refractivity contribution in [2.45, 2.75) is 6.92 Å². The zero-order valence-corrected chi connectivity index (χ0v) is 5.33. The van der Waals surface area contributed by atoms with Gasteiger partial charge in [0.15, 0.2) is 0 Å². The fourth-order valence-corrected chi connectivity index (χ4v) is 0.194. The zero-order chi connectivity index (χ0) is 7.28. The van der Waals surface area contributed by atoms with E-state index in [2.05, 4.69) is 16.6 Å². The topological polar surface area (TPSA) is 76.8 Å². The van der Waals surface area contributed by atoms with Crippen LogP contribution in [0, 0.1) is 0 Å². The molecule has 0 spiro atoms. The Morgan fingerprint density at radius 3 is 2.44 bits per heavy atom. The average molecular weight is 126 g/mol. The number of nitrogens with zero attached hydrogens (tertiary/aromatic N) is 2. The van der Waals surface area contributed by atoms with Crippen LogP contribution in [0.15, 0.2) is 22.4 Å². The van der Waals surface area contributed by atoms with Gasteiger partial charge in [-0.1, -0.05) is 6.58 Å². The van der Waals surface area contributed by atoms with E-state index in [0.717, 1.165) is 0 Å². The van der Waals surface area contributed by atoms with Gasteiger partial charge in [-0.15, -0.1) is 0 Å². The van der Waals surface area contributed by atoms with Crippen molar-refractivity contribution >= 4 is 12.2 Å². The molecule has 0 unspecified atom stereocenters. The Labute approximate surface area is 54.0 Å². The van der Waals surface area contributed by atoms with Gasteiger partial charge >= 0.3 is 0 Å². The molecule has 0 aliphatic carbocycles. The van der Waals surface area contributed by atoms with Crippen LogP contribution in [0.3, 0.4) is 0 Å². The van der Waals surface area contributed by atoms with E-state index >= 15 is 0 Å². The Balaban J connectivity index is 3.74. The summed E-state index contributed by atoms with van der Waals surface area (Å²) in [4.78, 5) is 7.18. The first-order chi connectivity index (χ1) is 4.13. The summed E-state index contributed by atoms with van der Waals surface area (Å²) in [6.07, 6.45) is 1.26. The molecule has 0 aliphatic heterocycles. The lowest BCUT2D eigenvalue weighted by molar-refractivity contribution is 1.26. The number of aliphatic imine (C=N–C) groups is 2. The molecular weight excluding hydrogens is 116 g/mol. The van der Waals surface area contributed by atoms with Crippen molar-refractivity contribution in [2.24, 2.45) is 21.5 Å². The standard InChI is InChI=1S/C5H10N4/c1-4(6)8-3-9-5(2)7/h3H,1,6H2,2H3,(H2,7,8,9). The molecule has 50 valence electrons. The van der Waals surface area contributed by atoms with Crippen LogP contribution >= 0.6 is 0 Å².